The number of hydrogen-bond acceptors (Lipinski definition) is 2. The number of carbonyl (C=O) groups is 2. The molecule has 0 aromatic carbocycles. The van der Waals surface area contributed by atoms with E-state index in [0.29, 0.717) is 38.9 Å². The number of likely N-dealkylation sites (tertiary alicyclic amines) is 1. The molecule has 2 amide bonds. The Morgan fingerprint density at radius 2 is 2.00 bits per heavy atom. The van der Waals surface area contributed by atoms with E-state index < -0.39 is 11.4 Å². The molecule has 0 saturated carbocycles. The fourth-order valence-electron chi connectivity index (χ4n) is 2.36. The molecule has 5 heteroatoms. The number of carbonyl (C=O) groups excluding carboxylic acids is 1. The number of likely N-dealkylation sites (N-methyl/N-ethyl adjacent to an activating group) is 1. The van der Waals surface area contributed by atoms with Crippen molar-refractivity contribution < 1.29 is 14.7 Å². The molecule has 1 heterocycles. The zero-order valence-corrected chi connectivity index (χ0v) is 11.2. The molecule has 0 aromatic heterocycles. The smallest absolute Gasteiger partial charge is 0.320 e. The van der Waals surface area contributed by atoms with Gasteiger partial charge in [-0.25, -0.2) is 4.79 Å². The minimum atomic E-state index is -0.739. The highest BCUT2D eigenvalue weighted by Crippen LogP contribution is 2.35. The standard InChI is InChI=1S/C13H22N2O3/c1-4-8-14(3)12(18)15-9-6-13(5-2,7-10-15)11(16)17/h4H,1,5-10H2,2-3H3,(H,16,17). The maximum Gasteiger partial charge on any atom is 0.320 e. The van der Waals surface area contributed by atoms with Gasteiger partial charge in [0.1, 0.15) is 0 Å². The number of amides is 2. The summed E-state index contributed by atoms with van der Waals surface area (Å²) in [5.74, 6) is -0.739. The molecule has 1 aliphatic rings. The molecular formula is C13H22N2O3. The second kappa shape index (κ2) is 5.89. The van der Waals surface area contributed by atoms with Crippen molar-refractivity contribution in [3.05, 3.63) is 12.7 Å². The first-order chi connectivity index (χ1) is 8.46. The van der Waals surface area contributed by atoms with Crippen LogP contribution in [0.1, 0.15) is 26.2 Å². The van der Waals surface area contributed by atoms with Crippen molar-refractivity contribution in [1.82, 2.24) is 9.80 Å². The second-order valence-corrected chi connectivity index (χ2v) is 4.88. The number of urea groups is 1. The van der Waals surface area contributed by atoms with Crippen LogP contribution in [0.4, 0.5) is 4.79 Å². The normalized spacial score (nSPS) is 18.2. The molecule has 1 aliphatic heterocycles. The fraction of sp³-hybridized carbons (Fsp3) is 0.692. The summed E-state index contributed by atoms with van der Waals surface area (Å²) < 4.78 is 0. The summed E-state index contributed by atoms with van der Waals surface area (Å²) in [5, 5.41) is 9.28. The molecule has 1 fully saturated rings. The van der Waals surface area contributed by atoms with Gasteiger partial charge >= 0.3 is 12.0 Å². The van der Waals surface area contributed by atoms with Crippen LogP contribution in [0.25, 0.3) is 0 Å². The van der Waals surface area contributed by atoms with Crippen molar-refractivity contribution >= 4 is 12.0 Å². The van der Waals surface area contributed by atoms with Crippen LogP contribution in [-0.4, -0.2) is 53.6 Å². The van der Waals surface area contributed by atoms with Crippen molar-refractivity contribution in [2.75, 3.05) is 26.7 Å². The first-order valence-electron chi connectivity index (χ1n) is 6.31. The molecule has 5 nitrogen and oxygen atoms in total. The summed E-state index contributed by atoms with van der Waals surface area (Å²) in [5.41, 5.74) is -0.645. The van der Waals surface area contributed by atoms with E-state index in [4.69, 9.17) is 0 Å². The van der Waals surface area contributed by atoms with E-state index in [1.54, 1.807) is 22.9 Å². The lowest BCUT2D eigenvalue weighted by molar-refractivity contribution is -0.152. The van der Waals surface area contributed by atoms with Crippen LogP contribution in [0.2, 0.25) is 0 Å². The maximum atomic E-state index is 12.0. The van der Waals surface area contributed by atoms with Gasteiger partial charge in [0.25, 0.3) is 0 Å². The van der Waals surface area contributed by atoms with Crippen LogP contribution in [0.15, 0.2) is 12.7 Å². The minimum Gasteiger partial charge on any atom is -0.481 e. The fourth-order valence-corrected chi connectivity index (χ4v) is 2.36. The minimum absolute atomic E-state index is 0.0509. The third-order valence-electron chi connectivity index (χ3n) is 3.85. The van der Waals surface area contributed by atoms with Gasteiger partial charge in [-0.2, -0.15) is 0 Å². The first kappa shape index (κ1) is 14.5. The van der Waals surface area contributed by atoms with Crippen molar-refractivity contribution in [2.24, 2.45) is 5.41 Å². The second-order valence-electron chi connectivity index (χ2n) is 4.88. The van der Waals surface area contributed by atoms with Crippen LogP contribution in [0, 0.1) is 5.41 Å². The third kappa shape index (κ3) is 2.83. The molecule has 18 heavy (non-hydrogen) atoms. The highest BCUT2D eigenvalue weighted by Gasteiger charge is 2.41. The van der Waals surface area contributed by atoms with Gasteiger partial charge in [0.15, 0.2) is 0 Å². The molecule has 0 bridgehead atoms. The third-order valence-corrected chi connectivity index (χ3v) is 3.85. The maximum absolute atomic E-state index is 12.0. The molecule has 0 atom stereocenters. The Kier molecular flexibility index (Phi) is 4.76. The van der Waals surface area contributed by atoms with Gasteiger partial charge in [-0.1, -0.05) is 13.0 Å². The lowest BCUT2D eigenvalue weighted by Crippen LogP contribution is -2.49. The van der Waals surface area contributed by atoms with Gasteiger partial charge in [-0.3, -0.25) is 4.79 Å². The molecule has 1 saturated heterocycles. The van der Waals surface area contributed by atoms with Gasteiger partial charge in [0.05, 0.1) is 5.41 Å². The number of carboxylic acids is 1. The molecule has 0 aliphatic carbocycles. The Labute approximate surface area is 108 Å². The molecule has 0 radical (unpaired) electrons. The lowest BCUT2D eigenvalue weighted by atomic mass is 9.76. The number of piperidine rings is 1. The van der Waals surface area contributed by atoms with E-state index in [1.165, 1.54) is 0 Å². The average molecular weight is 254 g/mol. The quantitative estimate of drug-likeness (QED) is 0.778. The summed E-state index contributed by atoms with van der Waals surface area (Å²) in [7, 11) is 1.73. The van der Waals surface area contributed by atoms with Crippen LogP contribution in [0.3, 0.4) is 0 Å². The molecule has 0 spiro atoms. The van der Waals surface area contributed by atoms with Crippen molar-refractivity contribution in [2.45, 2.75) is 26.2 Å². The topological polar surface area (TPSA) is 60.9 Å². The van der Waals surface area contributed by atoms with Crippen molar-refractivity contribution in [3.8, 4) is 0 Å². The number of rotatable bonds is 4. The molecule has 0 aromatic rings. The van der Waals surface area contributed by atoms with Crippen molar-refractivity contribution in [1.29, 1.82) is 0 Å². The highest BCUT2D eigenvalue weighted by molar-refractivity contribution is 5.77. The summed E-state index contributed by atoms with van der Waals surface area (Å²) in [4.78, 5) is 26.6. The van der Waals surface area contributed by atoms with Gasteiger partial charge in [-0.05, 0) is 19.3 Å². The Bertz CT molecular complexity index is 333. The van der Waals surface area contributed by atoms with Gasteiger partial charge in [0.2, 0.25) is 0 Å². The largest absolute Gasteiger partial charge is 0.481 e. The van der Waals surface area contributed by atoms with E-state index in [9.17, 15) is 14.7 Å². The molecule has 0 unspecified atom stereocenters. The summed E-state index contributed by atoms with van der Waals surface area (Å²) >= 11 is 0. The van der Waals surface area contributed by atoms with E-state index in [0.717, 1.165) is 0 Å². The SMILES string of the molecule is C=CCN(C)C(=O)N1CCC(CC)(C(=O)O)CC1. The predicted molar refractivity (Wildman–Crippen MR) is 69.4 cm³/mol. The van der Waals surface area contributed by atoms with E-state index >= 15 is 0 Å². The summed E-state index contributed by atoms with van der Waals surface area (Å²) in [6.07, 6.45) is 3.36. The lowest BCUT2D eigenvalue weighted by Gasteiger charge is -2.39. The molecule has 1 rings (SSSR count). The highest BCUT2D eigenvalue weighted by atomic mass is 16.4. The Hall–Kier alpha value is -1.52. The molecular weight excluding hydrogens is 232 g/mol. The van der Waals surface area contributed by atoms with E-state index in [1.807, 2.05) is 6.92 Å². The summed E-state index contributed by atoms with van der Waals surface area (Å²) in [6, 6.07) is -0.0509. The number of nitrogens with zero attached hydrogens (tertiary/aromatic N) is 2. The van der Waals surface area contributed by atoms with Gasteiger partial charge < -0.3 is 14.9 Å². The molecule has 1 N–H and O–H groups in total. The van der Waals surface area contributed by atoms with Gasteiger partial charge in [0, 0.05) is 26.7 Å². The molecule has 102 valence electrons. The van der Waals surface area contributed by atoms with Gasteiger partial charge in [-0.15, -0.1) is 6.58 Å². The van der Waals surface area contributed by atoms with E-state index in [-0.39, 0.29) is 6.03 Å². The van der Waals surface area contributed by atoms with E-state index in [2.05, 4.69) is 6.58 Å². The van der Waals surface area contributed by atoms with Crippen LogP contribution in [-0.2, 0) is 4.79 Å². The van der Waals surface area contributed by atoms with Crippen LogP contribution < -0.4 is 0 Å². The number of aliphatic carboxylic acids is 1. The number of hydrogen-bond donors (Lipinski definition) is 1. The average Bonchev–Trinajstić information content (AvgIpc) is 2.38. The zero-order chi connectivity index (χ0) is 13.8. The predicted octanol–water partition coefficient (Wildman–Crippen LogP) is 1.80. The Morgan fingerprint density at radius 1 is 1.44 bits per heavy atom. The monoisotopic (exact) mass is 254 g/mol. The number of carboxylic acid groups (broad SMARTS) is 1. The van der Waals surface area contributed by atoms with Crippen LogP contribution in [0.5, 0.6) is 0 Å². The summed E-state index contributed by atoms with van der Waals surface area (Å²) in [6.45, 7) is 7.03. The van der Waals surface area contributed by atoms with Crippen LogP contribution >= 0.6 is 0 Å². The van der Waals surface area contributed by atoms with Crippen molar-refractivity contribution in [3.63, 3.8) is 0 Å². The Morgan fingerprint density at radius 3 is 2.39 bits per heavy atom. The first-order valence-corrected chi connectivity index (χ1v) is 6.31. The Balaban J connectivity index is 2.60. The zero-order valence-electron chi connectivity index (χ0n) is 11.2.